The van der Waals surface area contributed by atoms with Crippen molar-refractivity contribution in [2.75, 3.05) is 0 Å². The quantitative estimate of drug-likeness (QED) is 0.601. The predicted octanol–water partition coefficient (Wildman–Crippen LogP) is 1.77. The maximum atomic E-state index is 12.5. The van der Waals surface area contributed by atoms with Crippen molar-refractivity contribution in [2.24, 2.45) is 0 Å². The maximum Gasteiger partial charge on any atom is 0.361 e. The van der Waals surface area contributed by atoms with Crippen molar-refractivity contribution in [3.05, 3.63) is 48.3 Å². The predicted molar refractivity (Wildman–Crippen MR) is 49.9 cm³/mol. The second kappa shape index (κ2) is 3.91. The molecule has 1 N–H and O–H groups in total. The fourth-order valence-corrected chi connectivity index (χ4v) is 1.03. The second-order valence-corrected chi connectivity index (χ2v) is 2.81. The van der Waals surface area contributed by atoms with E-state index in [0.717, 1.165) is 0 Å². The molecule has 0 aliphatic carbocycles. The van der Waals surface area contributed by atoms with Crippen molar-refractivity contribution in [1.29, 1.82) is 0 Å². The van der Waals surface area contributed by atoms with Crippen LogP contribution in [-0.2, 0) is 0 Å². The molecule has 0 atom stereocenters. The Kier molecular flexibility index (Phi) is 2.45. The van der Waals surface area contributed by atoms with E-state index >= 15 is 0 Å². The van der Waals surface area contributed by atoms with Crippen LogP contribution in [0.5, 0.6) is 5.75 Å². The van der Waals surface area contributed by atoms with Gasteiger partial charge in [0.2, 0.25) is 0 Å². The first-order valence-electron chi connectivity index (χ1n) is 4.22. The number of halogens is 1. The lowest BCUT2D eigenvalue weighted by atomic mass is 10.3. The third-order valence-corrected chi connectivity index (χ3v) is 1.74. The molecule has 0 bridgehead atoms. The Bertz CT molecular complexity index is 451. The van der Waals surface area contributed by atoms with Crippen LogP contribution in [0, 0.1) is 5.82 Å². The number of carbonyl (C=O) groups is 1. The highest BCUT2D eigenvalue weighted by Gasteiger charge is 2.09. The number of rotatable bonds is 2. The largest absolute Gasteiger partial charge is 0.422 e. The van der Waals surface area contributed by atoms with E-state index in [4.69, 9.17) is 4.74 Å². The third kappa shape index (κ3) is 2.19. The molecule has 0 aliphatic heterocycles. The number of hydrogen-bond acceptors (Lipinski definition) is 3. The number of esters is 1. The first-order chi connectivity index (χ1) is 7.25. The molecule has 76 valence electrons. The number of aromatic amines is 1. The number of imidazole rings is 1. The first kappa shape index (κ1) is 9.39. The SMILES string of the molecule is O=C(Oc1ccc(F)cc1)c1cnc[nH]1. The molecule has 2 rings (SSSR count). The van der Waals surface area contributed by atoms with Crippen molar-refractivity contribution >= 4 is 5.97 Å². The Hall–Kier alpha value is -2.17. The monoisotopic (exact) mass is 206 g/mol. The molecule has 1 aromatic heterocycles. The number of benzene rings is 1. The summed E-state index contributed by atoms with van der Waals surface area (Å²) >= 11 is 0. The zero-order valence-corrected chi connectivity index (χ0v) is 7.61. The van der Waals surface area contributed by atoms with Crippen LogP contribution in [0.4, 0.5) is 4.39 Å². The number of aromatic nitrogens is 2. The van der Waals surface area contributed by atoms with Gasteiger partial charge in [-0.25, -0.2) is 14.2 Å². The van der Waals surface area contributed by atoms with Gasteiger partial charge in [-0.1, -0.05) is 0 Å². The maximum absolute atomic E-state index is 12.5. The van der Waals surface area contributed by atoms with Gasteiger partial charge >= 0.3 is 5.97 Å². The van der Waals surface area contributed by atoms with Gasteiger partial charge in [-0.05, 0) is 24.3 Å². The summed E-state index contributed by atoms with van der Waals surface area (Å²) in [7, 11) is 0. The minimum atomic E-state index is -0.556. The summed E-state index contributed by atoms with van der Waals surface area (Å²) in [6.45, 7) is 0. The van der Waals surface area contributed by atoms with E-state index < -0.39 is 5.97 Å². The highest BCUT2D eigenvalue weighted by atomic mass is 19.1. The van der Waals surface area contributed by atoms with Gasteiger partial charge in [0.05, 0.1) is 12.5 Å². The molecule has 5 heteroatoms. The zero-order valence-electron chi connectivity index (χ0n) is 7.61. The molecule has 4 nitrogen and oxygen atoms in total. The van der Waals surface area contributed by atoms with Crippen LogP contribution in [0.15, 0.2) is 36.8 Å². The molecule has 0 spiro atoms. The third-order valence-electron chi connectivity index (χ3n) is 1.74. The highest BCUT2D eigenvalue weighted by Crippen LogP contribution is 2.12. The van der Waals surface area contributed by atoms with Gasteiger partial charge < -0.3 is 9.72 Å². The zero-order chi connectivity index (χ0) is 10.7. The Morgan fingerprint density at radius 2 is 2.07 bits per heavy atom. The summed E-state index contributed by atoms with van der Waals surface area (Å²) in [6, 6.07) is 5.19. The molecule has 0 amide bonds. The van der Waals surface area contributed by atoms with E-state index in [1.54, 1.807) is 0 Å². The van der Waals surface area contributed by atoms with E-state index in [0.29, 0.717) is 0 Å². The van der Waals surface area contributed by atoms with E-state index in [1.165, 1.54) is 36.8 Å². The Morgan fingerprint density at radius 1 is 1.33 bits per heavy atom. The van der Waals surface area contributed by atoms with E-state index in [2.05, 4.69) is 9.97 Å². The summed E-state index contributed by atoms with van der Waals surface area (Å²) in [5, 5.41) is 0. The smallest absolute Gasteiger partial charge is 0.361 e. The molecule has 0 saturated heterocycles. The van der Waals surface area contributed by atoms with Crippen LogP contribution in [0.2, 0.25) is 0 Å². The number of H-pyrrole nitrogens is 1. The molecule has 0 saturated carbocycles. The lowest BCUT2D eigenvalue weighted by molar-refractivity contribution is 0.0729. The minimum Gasteiger partial charge on any atom is -0.422 e. The van der Waals surface area contributed by atoms with Crippen molar-refractivity contribution in [1.82, 2.24) is 9.97 Å². The van der Waals surface area contributed by atoms with Gasteiger partial charge in [-0.15, -0.1) is 0 Å². The topological polar surface area (TPSA) is 55.0 Å². The molecule has 2 aromatic rings. The minimum absolute atomic E-state index is 0.249. The van der Waals surface area contributed by atoms with Gasteiger partial charge in [-0.2, -0.15) is 0 Å². The average Bonchev–Trinajstić information content (AvgIpc) is 2.74. The van der Waals surface area contributed by atoms with Crippen molar-refractivity contribution < 1.29 is 13.9 Å². The summed E-state index contributed by atoms with van der Waals surface area (Å²) in [5.74, 6) is -0.647. The lowest BCUT2D eigenvalue weighted by Crippen LogP contribution is -2.08. The van der Waals surface area contributed by atoms with Crippen LogP contribution >= 0.6 is 0 Å². The molecule has 0 aliphatic rings. The normalized spacial score (nSPS) is 9.93. The number of hydrogen-bond donors (Lipinski definition) is 1. The Morgan fingerprint density at radius 3 is 2.67 bits per heavy atom. The summed E-state index contributed by atoms with van der Waals surface area (Å²) in [5.41, 5.74) is 0.249. The standard InChI is InChI=1S/C10H7FN2O2/c11-7-1-3-8(4-2-7)15-10(14)9-5-12-6-13-9/h1-6H,(H,12,13). The second-order valence-electron chi connectivity index (χ2n) is 2.81. The summed E-state index contributed by atoms with van der Waals surface area (Å²) in [6.07, 6.45) is 2.73. The number of nitrogens with zero attached hydrogens (tertiary/aromatic N) is 1. The number of nitrogens with one attached hydrogen (secondary N) is 1. The molecule has 1 aromatic carbocycles. The molecule has 0 fully saturated rings. The fourth-order valence-electron chi connectivity index (χ4n) is 1.03. The van der Waals surface area contributed by atoms with Gasteiger partial charge in [0.1, 0.15) is 17.3 Å². The molecule has 1 heterocycles. The lowest BCUT2D eigenvalue weighted by Gasteiger charge is -2.01. The average molecular weight is 206 g/mol. The van der Waals surface area contributed by atoms with E-state index in [9.17, 15) is 9.18 Å². The van der Waals surface area contributed by atoms with E-state index in [1.807, 2.05) is 0 Å². The Balaban J connectivity index is 2.09. The molecule has 0 radical (unpaired) electrons. The summed E-state index contributed by atoms with van der Waals surface area (Å²) in [4.78, 5) is 17.7. The fraction of sp³-hybridized carbons (Fsp3) is 0. The van der Waals surface area contributed by atoms with E-state index in [-0.39, 0.29) is 17.3 Å². The van der Waals surface area contributed by atoms with Crippen molar-refractivity contribution in [2.45, 2.75) is 0 Å². The van der Waals surface area contributed by atoms with Gasteiger partial charge in [0, 0.05) is 0 Å². The first-order valence-corrected chi connectivity index (χ1v) is 4.22. The van der Waals surface area contributed by atoms with Crippen LogP contribution in [0.25, 0.3) is 0 Å². The molecular weight excluding hydrogens is 199 g/mol. The number of carbonyl (C=O) groups excluding carboxylic acids is 1. The van der Waals surface area contributed by atoms with Crippen LogP contribution in [0.3, 0.4) is 0 Å². The van der Waals surface area contributed by atoms with Crippen molar-refractivity contribution in [3.8, 4) is 5.75 Å². The van der Waals surface area contributed by atoms with Crippen LogP contribution in [0.1, 0.15) is 10.5 Å². The Labute approximate surface area is 84.7 Å². The molecular formula is C10H7FN2O2. The van der Waals surface area contributed by atoms with Gasteiger partial charge in [0.15, 0.2) is 0 Å². The molecule has 15 heavy (non-hydrogen) atoms. The highest BCUT2D eigenvalue weighted by molar-refractivity contribution is 5.88. The van der Waals surface area contributed by atoms with Gasteiger partial charge in [-0.3, -0.25) is 0 Å². The van der Waals surface area contributed by atoms with Gasteiger partial charge in [0.25, 0.3) is 0 Å². The number of ether oxygens (including phenoxy) is 1. The summed E-state index contributed by atoms with van der Waals surface area (Å²) < 4.78 is 17.5. The van der Waals surface area contributed by atoms with Crippen LogP contribution < -0.4 is 4.74 Å². The van der Waals surface area contributed by atoms with Crippen LogP contribution in [-0.4, -0.2) is 15.9 Å². The molecule has 0 unspecified atom stereocenters. The van der Waals surface area contributed by atoms with Crippen molar-refractivity contribution in [3.63, 3.8) is 0 Å².